The molecule has 24 heavy (non-hydrogen) atoms. The number of hydrogen-bond acceptors (Lipinski definition) is 2. The molecule has 0 aliphatic rings. The Kier molecular flexibility index (Phi) is 6.37. The summed E-state index contributed by atoms with van der Waals surface area (Å²) >= 11 is 0. The Hall–Kier alpha value is -2.82. The van der Waals surface area contributed by atoms with Crippen LogP contribution in [0.2, 0.25) is 0 Å². The van der Waals surface area contributed by atoms with Gasteiger partial charge < -0.3 is 16.4 Å². The van der Waals surface area contributed by atoms with Crippen LogP contribution in [0, 0.1) is 0 Å². The maximum atomic E-state index is 11.9. The van der Waals surface area contributed by atoms with Gasteiger partial charge in [0.1, 0.15) is 0 Å². The molecule has 1 amide bonds. The molecule has 0 saturated heterocycles. The van der Waals surface area contributed by atoms with Gasteiger partial charge in [0.15, 0.2) is 5.96 Å². The predicted octanol–water partition coefficient (Wildman–Crippen LogP) is 2.93. The van der Waals surface area contributed by atoms with E-state index in [-0.39, 0.29) is 5.91 Å². The standard InChI is InChI=1S/C19H24N4O/c1-3-14-7-6-10-17(12-14)23-19(20)22-13-15-8-5-9-16(11-15)18(24)21-4-2/h5-12H,3-4,13H2,1-2H3,(H,21,24)(H3,20,22,23). The van der Waals surface area contributed by atoms with Crippen LogP contribution in [0.15, 0.2) is 53.5 Å². The van der Waals surface area contributed by atoms with Crippen molar-refractivity contribution in [2.75, 3.05) is 11.9 Å². The van der Waals surface area contributed by atoms with Crippen LogP contribution >= 0.6 is 0 Å². The molecule has 2 aromatic carbocycles. The second kappa shape index (κ2) is 8.72. The fraction of sp³-hybridized carbons (Fsp3) is 0.263. The van der Waals surface area contributed by atoms with Gasteiger partial charge in [-0.2, -0.15) is 0 Å². The Labute approximate surface area is 143 Å². The number of carbonyl (C=O) groups is 1. The minimum absolute atomic E-state index is 0.0780. The van der Waals surface area contributed by atoms with Crippen LogP contribution in [0.5, 0.6) is 0 Å². The average molecular weight is 324 g/mol. The Morgan fingerprint density at radius 3 is 2.58 bits per heavy atom. The normalized spacial score (nSPS) is 11.2. The minimum Gasteiger partial charge on any atom is -0.370 e. The quantitative estimate of drug-likeness (QED) is 0.564. The van der Waals surface area contributed by atoms with Crippen LogP contribution in [0.25, 0.3) is 0 Å². The van der Waals surface area contributed by atoms with Gasteiger partial charge in [-0.1, -0.05) is 31.2 Å². The Morgan fingerprint density at radius 1 is 1.08 bits per heavy atom. The number of nitrogens with one attached hydrogen (secondary N) is 2. The van der Waals surface area contributed by atoms with Gasteiger partial charge in [-0.3, -0.25) is 4.79 Å². The number of carbonyl (C=O) groups excluding carboxylic acids is 1. The summed E-state index contributed by atoms with van der Waals surface area (Å²) in [4.78, 5) is 16.2. The lowest BCUT2D eigenvalue weighted by molar-refractivity contribution is 0.0955. The third kappa shape index (κ3) is 5.12. The summed E-state index contributed by atoms with van der Waals surface area (Å²) < 4.78 is 0. The summed E-state index contributed by atoms with van der Waals surface area (Å²) in [5.41, 5.74) is 9.68. The van der Waals surface area contributed by atoms with Crippen molar-refractivity contribution in [3.63, 3.8) is 0 Å². The van der Waals surface area contributed by atoms with E-state index in [1.807, 2.05) is 37.3 Å². The van der Waals surface area contributed by atoms with E-state index in [9.17, 15) is 4.79 Å². The number of amides is 1. The van der Waals surface area contributed by atoms with Crippen molar-refractivity contribution in [3.05, 3.63) is 65.2 Å². The number of nitrogens with two attached hydrogens (primary N) is 1. The van der Waals surface area contributed by atoms with Crippen molar-refractivity contribution in [1.29, 1.82) is 0 Å². The Bertz CT molecular complexity index is 725. The van der Waals surface area contributed by atoms with E-state index in [0.29, 0.717) is 24.6 Å². The molecule has 0 aromatic heterocycles. The highest BCUT2D eigenvalue weighted by Crippen LogP contribution is 2.11. The van der Waals surface area contributed by atoms with Gasteiger partial charge in [0, 0.05) is 17.8 Å². The number of anilines is 1. The van der Waals surface area contributed by atoms with Crippen molar-refractivity contribution in [2.24, 2.45) is 10.7 Å². The molecule has 5 nitrogen and oxygen atoms in total. The second-order valence-corrected chi connectivity index (χ2v) is 5.44. The average Bonchev–Trinajstić information content (AvgIpc) is 2.60. The molecule has 0 unspecified atom stereocenters. The lowest BCUT2D eigenvalue weighted by Gasteiger charge is -2.08. The third-order valence-corrected chi connectivity index (χ3v) is 3.57. The molecule has 2 rings (SSSR count). The van der Waals surface area contributed by atoms with E-state index >= 15 is 0 Å². The monoisotopic (exact) mass is 324 g/mol. The molecule has 0 atom stereocenters. The Morgan fingerprint density at radius 2 is 1.83 bits per heavy atom. The van der Waals surface area contributed by atoms with Crippen molar-refractivity contribution >= 4 is 17.6 Å². The maximum Gasteiger partial charge on any atom is 0.251 e. The van der Waals surface area contributed by atoms with E-state index < -0.39 is 0 Å². The first-order chi connectivity index (χ1) is 11.6. The number of aliphatic imine (C=N–C) groups is 1. The van der Waals surface area contributed by atoms with Crippen molar-refractivity contribution in [1.82, 2.24) is 5.32 Å². The first-order valence-electron chi connectivity index (χ1n) is 8.15. The highest BCUT2D eigenvalue weighted by molar-refractivity contribution is 5.94. The fourth-order valence-corrected chi connectivity index (χ4v) is 2.31. The summed E-state index contributed by atoms with van der Waals surface area (Å²) in [5.74, 6) is 0.275. The summed E-state index contributed by atoms with van der Waals surface area (Å²) in [5, 5.41) is 5.88. The van der Waals surface area contributed by atoms with Gasteiger partial charge in [-0.05, 0) is 48.7 Å². The smallest absolute Gasteiger partial charge is 0.251 e. The number of benzene rings is 2. The zero-order valence-corrected chi connectivity index (χ0v) is 14.2. The first-order valence-corrected chi connectivity index (χ1v) is 8.15. The van der Waals surface area contributed by atoms with Gasteiger partial charge in [0.2, 0.25) is 0 Å². The highest BCUT2D eigenvalue weighted by atomic mass is 16.1. The summed E-state index contributed by atoms with van der Waals surface area (Å²) in [6.45, 7) is 5.03. The maximum absolute atomic E-state index is 11.9. The molecule has 2 aromatic rings. The van der Waals surface area contributed by atoms with Crippen molar-refractivity contribution < 1.29 is 4.79 Å². The largest absolute Gasteiger partial charge is 0.370 e. The van der Waals surface area contributed by atoms with Crippen LogP contribution < -0.4 is 16.4 Å². The van der Waals surface area contributed by atoms with E-state index in [4.69, 9.17) is 5.73 Å². The lowest BCUT2D eigenvalue weighted by atomic mass is 10.1. The lowest BCUT2D eigenvalue weighted by Crippen LogP contribution is -2.23. The van der Waals surface area contributed by atoms with Crippen LogP contribution in [0.1, 0.15) is 35.3 Å². The third-order valence-electron chi connectivity index (χ3n) is 3.57. The van der Waals surface area contributed by atoms with Gasteiger partial charge in [0.25, 0.3) is 5.91 Å². The molecule has 0 spiro atoms. The number of aryl methyl sites for hydroxylation is 1. The van der Waals surface area contributed by atoms with Gasteiger partial charge in [-0.15, -0.1) is 0 Å². The molecule has 0 aliphatic carbocycles. The molecular formula is C19H24N4O. The zero-order valence-electron chi connectivity index (χ0n) is 14.2. The molecular weight excluding hydrogens is 300 g/mol. The fourth-order valence-electron chi connectivity index (χ4n) is 2.31. The molecule has 0 aliphatic heterocycles. The molecule has 0 bridgehead atoms. The second-order valence-electron chi connectivity index (χ2n) is 5.44. The number of guanidine groups is 1. The number of nitrogens with zero attached hydrogens (tertiary/aromatic N) is 1. The molecule has 0 fully saturated rings. The van der Waals surface area contributed by atoms with Gasteiger partial charge in [0.05, 0.1) is 6.54 Å². The van der Waals surface area contributed by atoms with Gasteiger partial charge >= 0.3 is 0 Å². The van der Waals surface area contributed by atoms with E-state index in [1.165, 1.54) is 5.56 Å². The molecule has 126 valence electrons. The van der Waals surface area contributed by atoms with E-state index in [0.717, 1.165) is 17.7 Å². The highest BCUT2D eigenvalue weighted by Gasteiger charge is 2.04. The number of rotatable bonds is 6. The molecule has 5 heteroatoms. The van der Waals surface area contributed by atoms with E-state index in [1.54, 1.807) is 6.07 Å². The van der Waals surface area contributed by atoms with Crippen LogP contribution in [-0.4, -0.2) is 18.4 Å². The molecule has 0 heterocycles. The van der Waals surface area contributed by atoms with Gasteiger partial charge in [-0.25, -0.2) is 4.99 Å². The van der Waals surface area contributed by atoms with Crippen LogP contribution in [-0.2, 0) is 13.0 Å². The van der Waals surface area contributed by atoms with Crippen molar-refractivity contribution in [2.45, 2.75) is 26.8 Å². The predicted molar refractivity (Wildman–Crippen MR) is 99.2 cm³/mol. The summed E-state index contributed by atoms with van der Waals surface area (Å²) in [7, 11) is 0. The minimum atomic E-state index is -0.0780. The molecule has 0 radical (unpaired) electrons. The first kappa shape index (κ1) is 17.5. The molecule has 0 saturated carbocycles. The Balaban J connectivity index is 2.01. The topological polar surface area (TPSA) is 79.5 Å². The molecule has 4 N–H and O–H groups in total. The summed E-state index contributed by atoms with van der Waals surface area (Å²) in [6, 6.07) is 15.5. The SMILES string of the molecule is CCNC(=O)c1cccc(CN=C(N)Nc2cccc(CC)c2)c1. The van der Waals surface area contributed by atoms with Crippen LogP contribution in [0.3, 0.4) is 0 Å². The van der Waals surface area contributed by atoms with E-state index in [2.05, 4.69) is 34.7 Å². The zero-order chi connectivity index (χ0) is 17.4. The van der Waals surface area contributed by atoms with Crippen molar-refractivity contribution in [3.8, 4) is 0 Å². The van der Waals surface area contributed by atoms with Crippen LogP contribution in [0.4, 0.5) is 5.69 Å². The summed E-state index contributed by atoms with van der Waals surface area (Å²) in [6.07, 6.45) is 0.971. The number of hydrogen-bond donors (Lipinski definition) is 3.